The zero-order chi connectivity index (χ0) is 10.7. The minimum Gasteiger partial charge on any atom is -0.473 e. The first-order chi connectivity index (χ1) is 7.31. The van der Waals surface area contributed by atoms with E-state index in [0.717, 1.165) is 37.1 Å². The average Bonchev–Trinajstić information content (AvgIpc) is 2.78. The van der Waals surface area contributed by atoms with Crippen LogP contribution in [0.5, 0.6) is 5.19 Å². The van der Waals surface area contributed by atoms with Gasteiger partial charge in [0.1, 0.15) is 0 Å². The van der Waals surface area contributed by atoms with Crippen LogP contribution in [0.2, 0.25) is 0 Å². The lowest BCUT2D eigenvalue weighted by Crippen LogP contribution is -2.44. The fraction of sp³-hybridized carbons (Fsp3) is 0.700. The molecule has 84 valence electrons. The average molecular weight is 227 g/mol. The van der Waals surface area contributed by atoms with E-state index in [1.807, 2.05) is 0 Å². The predicted molar refractivity (Wildman–Crippen MR) is 61.5 cm³/mol. The van der Waals surface area contributed by atoms with Gasteiger partial charge in [0.2, 0.25) is 0 Å². The lowest BCUT2D eigenvalue weighted by atomic mass is 10.2. The standard InChI is InChI=1S/C10H17N3OS/c1-8(13-5-3-11-4-6-13)9-7-15-10(12-9)14-2/h7-8,11H,3-6H2,1-2H3. The number of rotatable bonds is 3. The summed E-state index contributed by atoms with van der Waals surface area (Å²) in [7, 11) is 1.66. The summed E-state index contributed by atoms with van der Waals surface area (Å²) in [4.78, 5) is 6.89. The number of piperazine rings is 1. The molecule has 0 spiro atoms. The molecule has 1 N–H and O–H groups in total. The normalized spacial score (nSPS) is 20.1. The number of nitrogens with one attached hydrogen (secondary N) is 1. The third-order valence-electron chi connectivity index (χ3n) is 2.80. The number of hydrogen-bond donors (Lipinski definition) is 1. The molecule has 1 aromatic rings. The molecule has 0 amide bonds. The van der Waals surface area contributed by atoms with Crippen LogP contribution in [0.1, 0.15) is 18.7 Å². The molecule has 0 aromatic carbocycles. The maximum Gasteiger partial charge on any atom is 0.273 e. The Morgan fingerprint density at radius 2 is 2.27 bits per heavy atom. The first-order valence-electron chi connectivity index (χ1n) is 5.25. The molecule has 5 heteroatoms. The van der Waals surface area contributed by atoms with Gasteiger partial charge in [0.25, 0.3) is 5.19 Å². The molecule has 0 radical (unpaired) electrons. The van der Waals surface area contributed by atoms with Gasteiger partial charge in [-0.1, -0.05) is 11.3 Å². The van der Waals surface area contributed by atoms with Crippen LogP contribution in [0.3, 0.4) is 0 Å². The maximum absolute atomic E-state index is 5.11. The van der Waals surface area contributed by atoms with Gasteiger partial charge in [-0.15, -0.1) is 0 Å². The van der Waals surface area contributed by atoms with E-state index in [-0.39, 0.29) is 0 Å². The zero-order valence-electron chi connectivity index (χ0n) is 9.19. The molecule has 0 saturated carbocycles. The van der Waals surface area contributed by atoms with E-state index in [4.69, 9.17) is 4.74 Å². The van der Waals surface area contributed by atoms with Crippen LogP contribution in [0, 0.1) is 0 Å². The Kier molecular flexibility index (Phi) is 3.56. The van der Waals surface area contributed by atoms with E-state index in [2.05, 4.69) is 27.5 Å². The lowest BCUT2D eigenvalue weighted by molar-refractivity contribution is 0.182. The van der Waals surface area contributed by atoms with E-state index in [0.29, 0.717) is 6.04 Å². The topological polar surface area (TPSA) is 37.4 Å². The number of aromatic nitrogens is 1. The Balaban J connectivity index is 2.02. The van der Waals surface area contributed by atoms with E-state index in [1.165, 1.54) is 0 Å². The minimum absolute atomic E-state index is 0.396. The quantitative estimate of drug-likeness (QED) is 0.839. The highest BCUT2D eigenvalue weighted by molar-refractivity contribution is 7.11. The summed E-state index contributed by atoms with van der Waals surface area (Å²) >= 11 is 1.57. The molecule has 1 aromatic heterocycles. The molecular weight excluding hydrogens is 210 g/mol. The van der Waals surface area contributed by atoms with Crippen LogP contribution in [0.25, 0.3) is 0 Å². The molecule has 0 aliphatic carbocycles. The van der Waals surface area contributed by atoms with E-state index < -0.39 is 0 Å². The van der Waals surface area contributed by atoms with Crippen molar-refractivity contribution >= 4 is 11.3 Å². The van der Waals surface area contributed by atoms with Crippen molar-refractivity contribution in [3.05, 3.63) is 11.1 Å². The van der Waals surface area contributed by atoms with Crippen LogP contribution in [-0.4, -0.2) is 43.2 Å². The first kappa shape index (κ1) is 10.9. The van der Waals surface area contributed by atoms with Crippen molar-refractivity contribution in [2.45, 2.75) is 13.0 Å². The minimum atomic E-state index is 0.396. The Bertz CT molecular complexity index is 309. The Hall–Kier alpha value is -0.650. The van der Waals surface area contributed by atoms with Crippen LogP contribution in [-0.2, 0) is 0 Å². The van der Waals surface area contributed by atoms with Crippen LogP contribution in [0.4, 0.5) is 0 Å². The van der Waals surface area contributed by atoms with E-state index in [9.17, 15) is 0 Å². The van der Waals surface area contributed by atoms with Gasteiger partial charge in [-0.25, -0.2) is 4.98 Å². The molecule has 1 aliphatic rings. The van der Waals surface area contributed by atoms with Crippen molar-refractivity contribution in [1.29, 1.82) is 0 Å². The molecular formula is C10H17N3OS. The van der Waals surface area contributed by atoms with Crippen molar-refractivity contribution in [1.82, 2.24) is 15.2 Å². The van der Waals surface area contributed by atoms with E-state index >= 15 is 0 Å². The smallest absolute Gasteiger partial charge is 0.273 e. The number of hydrogen-bond acceptors (Lipinski definition) is 5. The van der Waals surface area contributed by atoms with Crippen LogP contribution < -0.4 is 10.1 Å². The summed E-state index contributed by atoms with van der Waals surface area (Å²) in [6.07, 6.45) is 0. The highest BCUT2D eigenvalue weighted by Gasteiger charge is 2.20. The van der Waals surface area contributed by atoms with Crippen molar-refractivity contribution < 1.29 is 4.74 Å². The highest BCUT2D eigenvalue weighted by atomic mass is 32.1. The molecule has 2 rings (SSSR count). The molecule has 1 atom stereocenters. The van der Waals surface area contributed by atoms with Crippen LogP contribution >= 0.6 is 11.3 Å². The van der Waals surface area contributed by atoms with Gasteiger partial charge in [-0.3, -0.25) is 4.90 Å². The molecule has 0 bridgehead atoms. The molecule has 1 unspecified atom stereocenters. The Labute approximate surface area is 94.3 Å². The second-order valence-corrected chi connectivity index (χ2v) is 4.52. The third-order valence-corrected chi connectivity index (χ3v) is 3.62. The zero-order valence-corrected chi connectivity index (χ0v) is 10.0. The highest BCUT2D eigenvalue weighted by Crippen LogP contribution is 2.25. The molecule has 1 saturated heterocycles. The first-order valence-corrected chi connectivity index (χ1v) is 6.13. The largest absolute Gasteiger partial charge is 0.473 e. The summed E-state index contributed by atoms with van der Waals surface area (Å²) in [6.45, 7) is 6.55. The summed E-state index contributed by atoms with van der Waals surface area (Å²) in [5.41, 5.74) is 1.12. The van der Waals surface area contributed by atoms with Crippen molar-refractivity contribution in [3.63, 3.8) is 0 Å². The SMILES string of the molecule is COc1nc(C(C)N2CCNCC2)cs1. The molecule has 15 heavy (non-hydrogen) atoms. The van der Waals surface area contributed by atoms with Crippen LogP contribution in [0.15, 0.2) is 5.38 Å². The summed E-state index contributed by atoms with van der Waals surface area (Å²) in [5.74, 6) is 0. The second-order valence-electron chi connectivity index (χ2n) is 3.70. The Morgan fingerprint density at radius 3 is 2.87 bits per heavy atom. The van der Waals surface area contributed by atoms with Crippen molar-refractivity contribution in [3.8, 4) is 5.19 Å². The fourth-order valence-corrected chi connectivity index (χ4v) is 2.54. The number of methoxy groups -OCH3 is 1. The van der Waals surface area contributed by atoms with Crippen molar-refractivity contribution in [2.75, 3.05) is 33.3 Å². The summed E-state index contributed by atoms with van der Waals surface area (Å²) < 4.78 is 5.11. The lowest BCUT2D eigenvalue weighted by Gasteiger charge is -2.31. The molecule has 1 fully saturated rings. The van der Waals surface area contributed by atoms with Gasteiger partial charge in [-0.2, -0.15) is 0 Å². The third kappa shape index (κ3) is 2.48. The fourth-order valence-electron chi connectivity index (χ4n) is 1.81. The number of ether oxygens (including phenoxy) is 1. The van der Waals surface area contributed by atoms with Gasteiger partial charge >= 0.3 is 0 Å². The van der Waals surface area contributed by atoms with Gasteiger partial charge in [0.15, 0.2) is 0 Å². The number of nitrogens with zero attached hydrogens (tertiary/aromatic N) is 2. The number of thiazole rings is 1. The second kappa shape index (κ2) is 4.92. The van der Waals surface area contributed by atoms with Gasteiger partial charge in [-0.05, 0) is 6.92 Å². The van der Waals surface area contributed by atoms with Gasteiger partial charge in [0, 0.05) is 31.6 Å². The molecule has 4 nitrogen and oxygen atoms in total. The molecule has 1 aliphatic heterocycles. The molecule has 2 heterocycles. The van der Waals surface area contributed by atoms with Gasteiger partial charge in [0.05, 0.1) is 18.8 Å². The summed E-state index contributed by atoms with van der Waals surface area (Å²) in [5, 5.41) is 6.20. The monoisotopic (exact) mass is 227 g/mol. The van der Waals surface area contributed by atoms with Gasteiger partial charge < -0.3 is 10.1 Å². The summed E-state index contributed by atoms with van der Waals surface area (Å²) in [6, 6.07) is 0.396. The van der Waals surface area contributed by atoms with E-state index in [1.54, 1.807) is 18.4 Å². The predicted octanol–water partition coefficient (Wildman–Crippen LogP) is 1.12. The van der Waals surface area contributed by atoms with Crippen molar-refractivity contribution in [2.24, 2.45) is 0 Å². The maximum atomic E-state index is 5.11. The Morgan fingerprint density at radius 1 is 1.53 bits per heavy atom.